The van der Waals surface area contributed by atoms with Crippen LogP contribution in [0.1, 0.15) is 23.1 Å². The normalized spacial score (nSPS) is 15.6. The molecule has 1 aliphatic rings. The van der Waals surface area contributed by atoms with Gasteiger partial charge < -0.3 is 14.3 Å². The van der Waals surface area contributed by atoms with Crippen LogP contribution in [0.25, 0.3) is 10.9 Å². The molecule has 31 heavy (non-hydrogen) atoms. The summed E-state index contributed by atoms with van der Waals surface area (Å²) >= 11 is 12.3. The molecule has 164 valence electrons. The van der Waals surface area contributed by atoms with E-state index in [2.05, 4.69) is 45.7 Å². The number of aromatic nitrogens is 1. The number of aryl methyl sites for hydroxylation is 2. The zero-order valence-corrected chi connectivity index (χ0v) is 19.5. The van der Waals surface area contributed by atoms with E-state index < -0.39 is 0 Å². The van der Waals surface area contributed by atoms with Crippen molar-refractivity contribution in [2.24, 2.45) is 0 Å². The lowest BCUT2D eigenvalue weighted by molar-refractivity contribution is -0.107. The van der Waals surface area contributed by atoms with Crippen molar-refractivity contribution >= 4 is 40.4 Å². The van der Waals surface area contributed by atoms with Crippen molar-refractivity contribution in [2.45, 2.75) is 32.9 Å². The number of benzene rings is 2. The summed E-state index contributed by atoms with van der Waals surface area (Å²) in [6, 6.07) is 12.1. The number of halogens is 2. The van der Waals surface area contributed by atoms with E-state index in [0.717, 1.165) is 74.7 Å². The maximum atomic E-state index is 11.1. The number of carbonyl (C=O) groups excluding carboxylic acids is 1. The van der Waals surface area contributed by atoms with Crippen molar-refractivity contribution in [3.8, 4) is 0 Å². The van der Waals surface area contributed by atoms with Crippen LogP contribution in [-0.4, -0.2) is 53.4 Å². The number of piperazine rings is 1. The van der Waals surface area contributed by atoms with E-state index in [1.165, 1.54) is 16.5 Å². The van der Waals surface area contributed by atoms with E-state index in [1.807, 2.05) is 18.2 Å². The number of aldehydes is 1. The van der Waals surface area contributed by atoms with Crippen molar-refractivity contribution in [1.82, 2.24) is 14.4 Å². The molecule has 0 radical (unpaired) electrons. The van der Waals surface area contributed by atoms with Gasteiger partial charge in [0, 0.05) is 67.3 Å². The fourth-order valence-corrected chi connectivity index (χ4v) is 5.05. The largest absolute Gasteiger partial charge is 0.347 e. The lowest BCUT2D eigenvalue weighted by atomic mass is 10.1. The van der Waals surface area contributed by atoms with Gasteiger partial charge in [0.25, 0.3) is 0 Å². The number of rotatable bonds is 8. The molecule has 4 nitrogen and oxygen atoms in total. The quantitative estimate of drug-likeness (QED) is 0.434. The summed E-state index contributed by atoms with van der Waals surface area (Å²) in [6.45, 7) is 9.33. The number of hydrogen-bond donors (Lipinski definition) is 0. The molecule has 0 aliphatic carbocycles. The zero-order valence-electron chi connectivity index (χ0n) is 18.0. The average Bonchev–Trinajstić information content (AvgIpc) is 3.10. The Labute approximate surface area is 194 Å². The van der Waals surface area contributed by atoms with Gasteiger partial charge in [0.15, 0.2) is 0 Å². The number of nitrogens with zero attached hydrogens (tertiary/aromatic N) is 3. The molecular formula is C25H29Cl2N3O. The highest BCUT2D eigenvalue weighted by molar-refractivity contribution is 6.35. The number of para-hydroxylation sites is 1. The molecule has 1 aromatic heterocycles. The molecule has 4 rings (SSSR count). The van der Waals surface area contributed by atoms with Gasteiger partial charge in [0.2, 0.25) is 0 Å². The molecule has 6 heteroatoms. The molecule has 0 N–H and O–H groups in total. The van der Waals surface area contributed by atoms with Gasteiger partial charge >= 0.3 is 0 Å². The van der Waals surface area contributed by atoms with E-state index in [1.54, 1.807) is 0 Å². The first-order chi connectivity index (χ1) is 15.0. The van der Waals surface area contributed by atoms with Crippen molar-refractivity contribution in [2.75, 3.05) is 32.7 Å². The fraction of sp³-hybridized carbons (Fsp3) is 0.400. The smallest absolute Gasteiger partial charge is 0.124 e. The molecule has 2 heterocycles. The molecule has 0 amide bonds. The molecule has 1 aliphatic heterocycles. The van der Waals surface area contributed by atoms with Gasteiger partial charge in [0.1, 0.15) is 6.29 Å². The molecule has 1 fully saturated rings. The third-order valence-corrected chi connectivity index (χ3v) is 6.82. The molecule has 3 aromatic rings. The van der Waals surface area contributed by atoms with Crippen LogP contribution < -0.4 is 0 Å². The lowest BCUT2D eigenvalue weighted by Gasteiger charge is -2.35. The Bertz CT molecular complexity index is 1050. The summed E-state index contributed by atoms with van der Waals surface area (Å²) in [5, 5.41) is 2.64. The van der Waals surface area contributed by atoms with Crippen molar-refractivity contribution in [3.05, 3.63) is 69.3 Å². The van der Waals surface area contributed by atoms with Gasteiger partial charge in [-0.3, -0.25) is 4.90 Å². The second-order valence-corrected chi connectivity index (χ2v) is 9.24. The molecule has 1 saturated heterocycles. The second-order valence-electron chi connectivity index (χ2n) is 8.40. The molecular weight excluding hydrogens is 429 g/mol. The van der Waals surface area contributed by atoms with Gasteiger partial charge in [0.05, 0.1) is 5.52 Å². The molecule has 0 atom stereocenters. The molecule has 0 saturated carbocycles. The first kappa shape index (κ1) is 22.3. The van der Waals surface area contributed by atoms with Crippen molar-refractivity contribution in [1.29, 1.82) is 0 Å². The minimum absolute atomic E-state index is 0.479. The SMILES string of the molecule is Cc1cccc2c(CC=O)cn(CCCN3CCN(Cc4ccc(Cl)cc4Cl)CC3)c12. The number of hydrogen-bond acceptors (Lipinski definition) is 3. The monoisotopic (exact) mass is 457 g/mol. The molecule has 0 spiro atoms. The summed E-state index contributed by atoms with van der Waals surface area (Å²) < 4.78 is 2.34. The summed E-state index contributed by atoms with van der Waals surface area (Å²) in [5.41, 5.74) is 4.80. The Morgan fingerprint density at radius 3 is 2.48 bits per heavy atom. The Hall–Kier alpha value is -1.85. The Kier molecular flexibility index (Phi) is 7.34. The standard InChI is InChI=1S/C25H29Cl2N3O/c1-19-4-2-5-23-20(8-15-31)18-30(25(19)23)10-3-9-28-11-13-29(14-12-28)17-21-6-7-22(26)16-24(21)27/h2,4-7,15-16,18H,3,8-14,17H2,1H3. The highest BCUT2D eigenvalue weighted by Crippen LogP contribution is 2.25. The zero-order chi connectivity index (χ0) is 21.8. The van der Waals surface area contributed by atoms with Gasteiger partial charge in [-0.25, -0.2) is 0 Å². The average molecular weight is 458 g/mol. The van der Waals surface area contributed by atoms with Crippen LogP contribution >= 0.6 is 23.2 Å². The number of fused-ring (bicyclic) bond motifs is 1. The fourth-order valence-electron chi connectivity index (χ4n) is 4.58. The minimum atomic E-state index is 0.479. The van der Waals surface area contributed by atoms with E-state index in [9.17, 15) is 4.79 Å². The van der Waals surface area contributed by atoms with Crippen LogP contribution in [0, 0.1) is 6.92 Å². The third kappa shape index (κ3) is 5.32. The topological polar surface area (TPSA) is 28.5 Å². The predicted molar refractivity (Wildman–Crippen MR) is 129 cm³/mol. The Balaban J connectivity index is 1.29. The Morgan fingerprint density at radius 1 is 0.968 bits per heavy atom. The van der Waals surface area contributed by atoms with Gasteiger partial charge in [-0.05, 0) is 48.7 Å². The highest BCUT2D eigenvalue weighted by atomic mass is 35.5. The van der Waals surface area contributed by atoms with E-state index in [4.69, 9.17) is 23.2 Å². The molecule has 2 aromatic carbocycles. The number of carbonyl (C=O) groups is 1. The minimum Gasteiger partial charge on any atom is -0.347 e. The summed E-state index contributed by atoms with van der Waals surface area (Å²) in [5.74, 6) is 0. The van der Waals surface area contributed by atoms with Crippen molar-refractivity contribution in [3.63, 3.8) is 0 Å². The predicted octanol–water partition coefficient (Wildman–Crippen LogP) is 5.21. The first-order valence-corrected chi connectivity index (χ1v) is 11.7. The van der Waals surface area contributed by atoms with Crippen LogP contribution in [0.5, 0.6) is 0 Å². The van der Waals surface area contributed by atoms with E-state index in [-0.39, 0.29) is 0 Å². The van der Waals surface area contributed by atoms with Gasteiger partial charge in [-0.1, -0.05) is 47.5 Å². The first-order valence-electron chi connectivity index (χ1n) is 10.9. The highest BCUT2D eigenvalue weighted by Gasteiger charge is 2.18. The third-order valence-electron chi connectivity index (χ3n) is 6.23. The van der Waals surface area contributed by atoms with Crippen LogP contribution in [0.3, 0.4) is 0 Å². The van der Waals surface area contributed by atoms with Crippen LogP contribution in [-0.2, 0) is 24.3 Å². The summed E-state index contributed by atoms with van der Waals surface area (Å²) in [7, 11) is 0. The maximum absolute atomic E-state index is 11.1. The van der Waals surface area contributed by atoms with Crippen LogP contribution in [0.2, 0.25) is 10.0 Å². The van der Waals surface area contributed by atoms with E-state index >= 15 is 0 Å². The Morgan fingerprint density at radius 2 is 1.74 bits per heavy atom. The van der Waals surface area contributed by atoms with Gasteiger partial charge in [-0.2, -0.15) is 0 Å². The molecule has 0 unspecified atom stereocenters. The van der Waals surface area contributed by atoms with Crippen LogP contribution in [0.4, 0.5) is 0 Å². The van der Waals surface area contributed by atoms with Gasteiger partial charge in [-0.15, -0.1) is 0 Å². The maximum Gasteiger partial charge on any atom is 0.124 e. The van der Waals surface area contributed by atoms with Crippen molar-refractivity contribution < 1.29 is 4.79 Å². The van der Waals surface area contributed by atoms with Crippen LogP contribution in [0.15, 0.2) is 42.6 Å². The summed E-state index contributed by atoms with van der Waals surface area (Å²) in [6.07, 6.45) is 4.74. The van der Waals surface area contributed by atoms with E-state index in [0.29, 0.717) is 11.4 Å². The summed E-state index contributed by atoms with van der Waals surface area (Å²) in [4.78, 5) is 16.1. The lowest BCUT2D eigenvalue weighted by Crippen LogP contribution is -2.46. The second kappa shape index (κ2) is 10.2. The molecule has 0 bridgehead atoms.